The maximum Gasteiger partial charge on any atom is 0.362 e. The molecule has 38 valence electrons. The molecule has 5 heteroatoms. The maximum absolute atomic E-state index is 9.54. The summed E-state index contributed by atoms with van der Waals surface area (Å²) in [5.74, 6) is 0. The minimum atomic E-state index is -0.579. The van der Waals surface area contributed by atoms with E-state index in [1.807, 2.05) is 0 Å². The highest BCUT2D eigenvalue weighted by molar-refractivity contribution is 6.73. The van der Waals surface area contributed by atoms with Crippen LogP contribution in [-0.2, 0) is 4.79 Å². The fraction of sp³-hybridized carbons (Fsp3) is 0.500. The van der Waals surface area contributed by atoms with Crippen molar-refractivity contribution in [2.24, 2.45) is 0 Å². The van der Waals surface area contributed by atoms with Crippen molar-refractivity contribution in [1.82, 2.24) is 5.14 Å². The lowest BCUT2D eigenvalue weighted by Gasteiger charge is -1.92. The van der Waals surface area contributed by atoms with Gasteiger partial charge in [-0.05, 0) is 6.82 Å². The Kier molecular flexibility index (Phi) is 3.74. The van der Waals surface area contributed by atoms with Crippen molar-refractivity contribution in [2.75, 3.05) is 0 Å². The van der Waals surface area contributed by atoms with Crippen LogP contribution in [0.4, 0.5) is 0 Å². The third-order valence-electron chi connectivity index (χ3n) is 0.497. The zero-order valence-corrected chi connectivity index (χ0v) is 4.22. The summed E-state index contributed by atoms with van der Waals surface area (Å²) in [6.45, 7) is 1.56. The molecule has 7 heavy (non-hydrogen) atoms. The minimum absolute atomic E-state index is 0.220. The van der Waals surface area contributed by atoms with E-state index in [4.69, 9.17) is 5.02 Å². The van der Waals surface area contributed by atoms with Crippen molar-refractivity contribution < 1.29 is 9.82 Å². The van der Waals surface area contributed by atoms with Gasteiger partial charge in [-0.1, -0.05) is 0 Å². The average molecular weight is 98.7 g/mol. The van der Waals surface area contributed by atoms with Crippen molar-refractivity contribution in [3.05, 3.63) is 0 Å². The molecule has 2 N–H and O–H groups in total. The Morgan fingerprint density at radius 3 is 2.71 bits per heavy atom. The van der Waals surface area contributed by atoms with E-state index < -0.39 is 7.05 Å². The highest BCUT2D eigenvalue weighted by Gasteiger charge is 1.97. The first-order valence-electron chi connectivity index (χ1n) is 2.12. The van der Waals surface area contributed by atoms with Gasteiger partial charge in [0.2, 0.25) is 0 Å². The van der Waals surface area contributed by atoms with E-state index in [2.05, 4.69) is 5.14 Å². The average Bonchev–Trinajstić information content (AvgIpc) is 1.61. The van der Waals surface area contributed by atoms with Gasteiger partial charge >= 0.3 is 7.05 Å². The fourth-order valence-electron chi connectivity index (χ4n) is 0.219. The summed E-state index contributed by atoms with van der Waals surface area (Å²) in [4.78, 5) is 9.54. The molecule has 0 rings (SSSR count). The van der Waals surface area contributed by atoms with Crippen molar-refractivity contribution >= 4 is 20.7 Å². The molecule has 0 saturated carbocycles. The summed E-state index contributed by atoms with van der Waals surface area (Å²) in [5.41, 5.74) is 0. The first kappa shape index (κ1) is 6.72. The van der Waals surface area contributed by atoms with Gasteiger partial charge in [-0.2, -0.15) is 0 Å². The molecule has 0 aliphatic rings. The molecule has 0 heterocycles. The summed E-state index contributed by atoms with van der Waals surface area (Å²) in [6, 6.07) is 0. The predicted octanol–water partition coefficient (Wildman–Crippen LogP) is -1.77. The molecule has 3 nitrogen and oxygen atoms in total. The summed E-state index contributed by atoms with van der Waals surface area (Å²) >= 11 is 0. The molecule has 0 radical (unpaired) electrons. The number of carbonyl (C=O) groups excluding carboxylic acids is 1. The summed E-state index contributed by atoms with van der Waals surface area (Å²) < 4.78 is 0. The quantitative estimate of drug-likeness (QED) is 0.325. The Labute approximate surface area is 43.5 Å². The Morgan fingerprint density at radius 1 is 2.00 bits per heavy atom. The van der Waals surface area contributed by atoms with Gasteiger partial charge in [-0.25, -0.2) is 0 Å². The highest BCUT2D eigenvalue weighted by atomic mass is 16.2. The smallest absolute Gasteiger partial charge is 0.362 e. The molecule has 0 aliphatic heterocycles. The number of hydrogen-bond acceptors (Lipinski definition) is 3. The zero-order chi connectivity index (χ0) is 5.70. The number of rotatable bonds is 3. The van der Waals surface area contributed by atoms with Crippen molar-refractivity contribution in [2.45, 2.75) is 6.82 Å². The molecule has 0 amide bonds. The topological polar surface area (TPSA) is 49.3 Å². The molecule has 0 aromatic heterocycles. The van der Waals surface area contributed by atoms with Gasteiger partial charge in [0.1, 0.15) is 0 Å². The van der Waals surface area contributed by atoms with E-state index in [0.29, 0.717) is 6.19 Å². The van der Waals surface area contributed by atoms with Crippen LogP contribution in [0.1, 0.15) is 0 Å². The Bertz CT molecular complexity index is 57.7. The monoisotopic (exact) mass is 99.1 g/mol. The molecule has 0 unspecified atom stereocenters. The van der Waals surface area contributed by atoms with E-state index in [1.165, 1.54) is 0 Å². The van der Waals surface area contributed by atoms with Crippen LogP contribution in [0, 0.1) is 0 Å². The van der Waals surface area contributed by atoms with Gasteiger partial charge in [0.25, 0.3) is 7.41 Å². The third-order valence-corrected chi connectivity index (χ3v) is 0.497. The maximum atomic E-state index is 9.54. The molecule has 0 aromatic carbocycles. The van der Waals surface area contributed by atoms with Crippen LogP contribution in [-0.4, -0.2) is 25.7 Å². The Morgan fingerprint density at radius 2 is 2.57 bits per heavy atom. The van der Waals surface area contributed by atoms with E-state index in [1.54, 1.807) is 6.82 Å². The van der Waals surface area contributed by atoms with Crippen molar-refractivity contribution in [3.8, 4) is 0 Å². The molecule has 0 fully saturated rings. The molecular formula is C2H7B2NO2. The van der Waals surface area contributed by atoms with Gasteiger partial charge in [0, 0.05) is 0 Å². The van der Waals surface area contributed by atoms with Crippen LogP contribution < -0.4 is 5.14 Å². The fourth-order valence-corrected chi connectivity index (χ4v) is 0.219. The van der Waals surface area contributed by atoms with E-state index in [9.17, 15) is 4.79 Å². The van der Waals surface area contributed by atoms with Gasteiger partial charge in [0.15, 0.2) is 0 Å². The Balaban J connectivity index is 2.81. The SMILES string of the molecule is CB(O)NBC=O. The van der Waals surface area contributed by atoms with Crippen LogP contribution >= 0.6 is 0 Å². The second kappa shape index (κ2) is 3.89. The lowest BCUT2D eigenvalue weighted by Crippen LogP contribution is -2.34. The second-order valence-electron chi connectivity index (χ2n) is 1.25. The van der Waals surface area contributed by atoms with Gasteiger partial charge in [-0.3, -0.25) is 0 Å². The van der Waals surface area contributed by atoms with Crippen LogP contribution in [0.2, 0.25) is 6.82 Å². The van der Waals surface area contributed by atoms with E-state index >= 15 is 0 Å². The predicted molar refractivity (Wildman–Crippen MR) is 30.9 cm³/mol. The summed E-state index contributed by atoms with van der Waals surface area (Å²) in [7, 11) is -0.359. The first-order valence-corrected chi connectivity index (χ1v) is 2.12. The number of nitrogens with one attached hydrogen (secondary N) is 1. The molecule has 0 spiro atoms. The number of hydrogen-bond donors (Lipinski definition) is 2. The largest absolute Gasteiger partial charge is 0.438 e. The lowest BCUT2D eigenvalue weighted by molar-refractivity contribution is 0.564. The number of carbonyl (C=O) groups is 1. The van der Waals surface area contributed by atoms with Gasteiger partial charge in [0.05, 0.1) is 6.19 Å². The molecular weight excluding hydrogens is 91.7 g/mol. The van der Waals surface area contributed by atoms with Gasteiger partial charge in [-0.15, -0.1) is 0 Å². The standard InChI is InChI=1S/C2H7B2NO2/c1-4(7)5-3-2-6/h2-3,5,7H,1H3. The van der Waals surface area contributed by atoms with Crippen molar-refractivity contribution in [1.29, 1.82) is 0 Å². The zero-order valence-electron chi connectivity index (χ0n) is 4.22. The highest BCUT2D eigenvalue weighted by Crippen LogP contribution is 1.57. The summed E-state index contributed by atoms with van der Waals surface area (Å²) in [5, 5.41) is 10.9. The third kappa shape index (κ3) is 5.72. The lowest BCUT2D eigenvalue weighted by atomic mass is 9.79. The van der Waals surface area contributed by atoms with Crippen LogP contribution in [0.5, 0.6) is 0 Å². The molecule has 0 aromatic rings. The molecule has 0 saturated heterocycles. The van der Waals surface area contributed by atoms with E-state index in [0.717, 1.165) is 0 Å². The van der Waals surface area contributed by atoms with E-state index in [-0.39, 0.29) is 7.41 Å². The van der Waals surface area contributed by atoms with Crippen LogP contribution in [0.15, 0.2) is 0 Å². The van der Waals surface area contributed by atoms with Crippen LogP contribution in [0.25, 0.3) is 0 Å². The minimum Gasteiger partial charge on any atom is -0.438 e. The first-order chi connectivity index (χ1) is 3.27. The second-order valence-corrected chi connectivity index (χ2v) is 1.25. The summed E-state index contributed by atoms with van der Waals surface area (Å²) in [6.07, 6.45) is 0.701. The van der Waals surface area contributed by atoms with Crippen LogP contribution in [0.3, 0.4) is 0 Å². The van der Waals surface area contributed by atoms with Gasteiger partial charge < -0.3 is 15.0 Å². The molecule has 0 bridgehead atoms. The molecule has 0 aliphatic carbocycles. The molecule has 0 atom stereocenters. The normalized spacial score (nSPS) is 7.71. The Hall–Kier alpha value is -0.280. The van der Waals surface area contributed by atoms with Crippen molar-refractivity contribution in [3.63, 3.8) is 0 Å².